The van der Waals surface area contributed by atoms with E-state index in [9.17, 15) is 4.79 Å². The first-order valence-corrected chi connectivity index (χ1v) is 6.48. The van der Waals surface area contributed by atoms with Crippen molar-refractivity contribution in [3.8, 4) is 11.3 Å². The monoisotopic (exact) mass is 247 g/mol. The van der Waals surface area contributed by atoms with E-state index in [1.807, 2.05) is 24.3 Å². The number of rotatable bonds is 0. The number of pyridine rings is 1. The number of aromatic amines is 1. The van der Waals surface area contributed by atoms with E-state index in [4.69, 9.17) is 0 Å². The van der Waals surface area contributed by atoms with Gasteiger partial charge in [0.2, 0.25) is 0 Å². The van der Waals surface area contributed by atoms with Crippen LogP contribution in [0.4, 0.5) is 0 Å². The van der Waals surface area contributed by atoms with E-state index in [1.165, 1.54) is 22.3 Å². The van der Waals surface area contributed by atoms with Crippen molar-refractivity contribution in [1.82, 2.24) is 4.98 Å². The second-order valence-corrected chi connectivity index (χ2v) is 5.13. The van der Waals surface area contributed by atoms with E-state index in [0.717, 1.165) is 22.9 Å². The quantitative estimate of drug-likeness (QED) is 0.507. The van der Waals surface area contributed by atoms with E-state index in [1.54, 1.807) is 0 Å². The molecule has 0 atom stereocenters. The normalized spacial score (nSPS) is 12.5. The van der Waals surface area contributed by atoms with Gasteiger partial charge in [0.1, 0.15) is 0 Å². The minimum Gasteiger partial charge on any atom is -0.321 e. The molecule has 1 heterocycles. The van der Waals surface area contributed by atoms with Gasteiger partial charge in [-0.2, -0.15) is 0 Å². The lowest BCUT2D eigenvalue weighted by Gasteiger charge is -2.04. The third-order valence-corrected chi connectivity index (χ3v) is 4.07. The molecule has 0 radical (unpaired) electrons. The molecular weight excluding hydrogens is 234 g/mol. The Morgan fingerprint density at radius 1 is 0.947 bits per heavy atom. The third-order valence-electron chi connectivity index (χ3n) is 4.07. The number of benzene rings is 2. The fourth-order valence-corrected chi connectivity index (χ4v) is 3.10. The molecule has 0 saturated heterocycles. The largest absolute Gasteiger partial charge is 0.321 e. The molecule has 3 aromatic rings. The zero-order chi connectivity index (χ0) is 13.0. The minimum absolute atomic E-state index is 0.00343. The molecule has 1 aliphatic carbocycles. The van der Waals surface area contributed by atoms with Crippen LogP contribution in [-0.4, -0.2) is 4.98 Å². The molecule has 0 saturated carbocycles. The topological polar surface area (TPSA) is 32.9 Å². The lowest BCUT2D eigenvalue weighted by atomic mass is 10.0. The first-order valence-electron chi connectivity index (χ1n) is 6.48. The molecule has 0 bridgehead atoms. The zero-order valence-corrected chi connectivity index (χ0v) is 10.7. The Hall–Kier alpha value is -2.35. The van der Waals surface area contributed by atoms with Crippen molar-refractivity contribution in [2.24, 2.45) is 0 Å². The highest BCUT2D eigenvalue weighted by Crippen LogP contribution is 2.38. The van der Waals surface area contributed by atoms with Crippen molar-refractivity contribution >= 4 is 10.8 Å². The Kier molecular flexibility index (Phi) is 1.99. The van der Waals surface area contributed by atoms with Crippen LogP contribution < -0.4 is 5.56 Å². The maximum Gasteiger partial charge on any atom is 0.256 e. The molecule has 0 spiro atoms. The van der Waals surface area contributed by atoms with Crippen molar-refractivity contribution in [1.29, 1.82) is 0 Å². The van der Waals surface area contributed by atoms with Crippen LogP contribution in [0, 0.1) is 6.92 Å². The smallest absolute Gasteiger partial charge is 0.256 e. The molecule has 1 aliphatic rings. The molecule has 0 amide bonds. The lowest BCUT2D eigenvalue weighted by Crippen LogP contribution is -2.08. The van der Waals surface area contributed by atoms with Crippen LogP contribution >= 0.6 is 0 Å². The van der Waals surface area contributed by atoms with Gasteiger partial charge < -0.3 is 4.98 Å². The van der Waals surface area contributed by atoms with E-state index >= 15 is 0 Å². The number of H-pyrrole nitrogens is 1. The predicted molar refractivity (Wildman–Crippen MR) is 77.5 cm³/mol. The summed E-state index contributed by atoms with van der Waals surface area (Å²) in [6, 6.07) is 14.1. The summed E-state index contributed by atoms with van der Waals surface area (Å²) < 4.78 is 0. The number of fused-ring (bicyclic) bond motifs is 5. The van der Waals surface area contributed by atoms with Crippen molar-refractivity contribution < 1.29 is 0 Å². The number of hydrogen-bond acceptors (Lipinski definition) is 1. The Balaban J connectivity index is 2.16. The summed E-state index contributed by atoms with van der Waals surface area (Å²) in [5.74, 6) is 0. The van der Waals surface area contributed by atoms with Gasteiger partial charge in [-0.15, -0.1) is 0 Å². The fourth-order valence-electron chi connectivity index (χ4n) is 3.10. The number of aryl methyl sites for hydroxylation is 1. The molecule has 1 aromatic heterocycles. The highest BCUT2D eigenvalue weighted by molar-refractivity contribution is 5.93. The fraction of sp³-hybridized carbons (Fsp3) is 0.118. The maximum absolute atomic E-state index is 12.2. The van der Waals surface area contributed by atoms with Gasteiger partial charge in [-0.3, -0.25) is 4.79 Å². The van der Waals surface area contributed by atoms with Crippen LogP contribution in [0.15, 0.2) is 47.3 Å². The summed E-state index contributed by atoms with van der Waals surface area (Å²) in [4.78, 5) is 15.2. The average molecular weight is 247 g/mol. The van der Waals surface area contributed by atoms with Crippen molar-refractivity contribution in [2.45, 2.75) is 13.3 Å². The molecule has 92 valence electrons. The SMILES string of the molecule is Cc1cccc2c1Cc1c-2[nH]c(=O)c2ccccc12. The highest BCUT2D eigenvalue weighted by atomic mass is 16.1. The van der Waals surface area contributed by atoms with Gasteiger partial charge in [0.15, 0.2) is 0 Å². The Morgan fingerprint density at radius 3 is 2.58 bits per heavy atom. The summed E-state index contributed by atoms with van der Waals surface area (Å²) in [6.07, 6.45) is 0.911. The molecule has 0 unspecified atom stereocenters. The number of hydrogen-bond donors (Lipinski definition) is 1. The molecule has 2 nitrogen and oxygen atoms in total. The van der Waals surface area contributed by atoms with Crippen LogP contribution in [0.1, 0.15) is 16.7 Å². The molecule has 0 fully saturated rings. The van der Waals surface area contributed by atoms with Gasteiger partial charge in [-0.05, 0) is 35.1 Å². The van der Waals surface area contributed by atoms with Gasteiger partial charge in [-0.25, -0.2) is 0 Å². The number of aromatic nitrogens is 1. The van der Waals surface area contributed by atoms with Crippen LogP contribution in [0.2, 0.25) is 0 Å². The average Bonchev–Trinajstić information content (AvgIpc) is 2.80. The molecule has 0 aliphatic heterocycles. The third kappa shape index (κ3) is 1.34. The first kappa shape index (κ1) is 10.6. The summed E-state index contributed by atoms with van der Waals surface area (Å²) in [5.41, 5.74) is 6.06. The van der Waals surface area contributed by atoms with Gasteiger partial charge in [0.05, 0.1) is 5.69 Å². The summed E-state index contributed by atoms with van der Waals surface area (Å²) in [7, 11) is 0. The van der Waals surface area contributed by atoms with Gasteiger partial charge in [-0.1, -0.05) is 36.4 Å². The van der Waals surface area contributed by atoms with E-state index in [2.05, 4.69) is 30.1 Å². The molecule has 1 N–H and O–H groups in total. The van der Waals surface area contributed by atoms with Crippen molar-refractivity contribution in [3.63, 3.8) is 0 Å². The molecule has 2 aromatic carbocycles. The van der Waals surface area contributed by atoms with Gasteiger partial charge >= 0.3 is 0 Å². The lowest BCUT2D eigenvalue weighted by molar-refractivity contribution is 1.21. The van der Waals surface area contributed by atoms with Crippen LogP contribution in [-0.2, 0) is 6.42 Å². The second-order valence-electron chi connectivity index (χ2n) is 5.13. The van der Waals surface area contributed by atoms with E-state index in [0.29, 0.717) is 0 Å². The molecule has 2 heteroatoms. The Labute approximate surface area is 110 Å². The summed E-state index contributed by atoms with van der Waals surface area (Å²) >= 11 is 0. The summed E-state index contributed by atoms with van der Waals surface area (Å²) in [6.45, 7) is 2.13. The van der Waals surface area contributed by atoms with E-state index < -0.39 is 0 Å². The Bertz CT molecular complexity index is 874. The first-order chi connectivity index (χ1) is 9.25. The van der Waals surface area contributed by atoms with Gasteiger partial charge in [0.25, 0.3) is 5.56 Å². The van der Waals surface area contributed by atoms with Crippen LogP contribution in [0.25, 0.3) is 22.0 Å². The van der Waals surface area contributed by atoms with E-state index in [-0.39, 0.29) is 5.56 Å². The maximum atomic E-state index is 12.2. The standard InChI is InChI=1S/C17H13NO/c1-10-5-4-8-12-14(10)9-15-11-6-2-3-7-13(11)17(19)18-16(12)15/h2-8H,9H2,1H3,(H,18,19). The van der Waals surface area contributed by atoms with Crippen LogP contribution in [0.5, 0.6) is 0 Å². The van der Waals surface area contributed by atoms with Crippen molar-refractivity contribution in [3.05, 3.63) is 69.5 Å². The highest BCUT2D eigenvalue weighted by Gasteiger charge is 2.23. The van der Waals surface area contributed by atoms with Crippen molar-refractivity contribution in [2.75, 3.05) is 0 Å². The number of nitrogens with one attached hydrogen (secondary N) is 1. The summed E-state index contributed by atoms with van der Waals surface area (Å²) in [5, 5.41) is 1.86. The second kappa shape index (κ2) is 3.58. The minimum atomic E-state index is 0.00343. The molecular formula is C17H13NO. The van der Waals surface area contributed by atoms with Gasteiger partial charge in [0, 0.05) is 17.4 Å². The molecule has 4 rings (SSSR count). The predicted octanol–water partition coefficient (Wildman–Crippen LogP) is 3.41. The zero-order valence-electron chi connectivity index (χ0n) is 10.7. The Morgan fingerprint density at radius 2 is 1.74 bits per heavy atom. The van der Waals surface area contributed by atoms with Crippen LogP contribution in [0.3, 0.4) is 0 Å². The molecule has 19 heavy (non-hydrogen) atoms.